The number of amidine groups is 1. The van der Waals surface area contributed by atoms with Crippen LogP contribution in [-0.4, -0.2) is 62.6 Å². The van der Waals surface area contributed by atoms with Gasteiger partial charge < -0.3 is 14.5 Å². The number of hydrogen-bond donors (Lipinski definition) is 2. The van der Waals surface area contributed by atoms with Gasteiger partial charge in [0, 0.05) is 31.7 Å². The summed E-state index contributed by atoms with van der Waals surface area (Å²) in [5.41, 5.74) is 0.269. The number of likely N-dealkylation sites (tertiary alicyclic amines) is 1. The molecule has 1 fully saturated rings. The maximum atomic E-state index is 12.2. The predicted octanol–water partition coefficient (Wildman–Crippen LogP) is 3.80. The smallest absolute Gasteiger partial charge is 0.410 e. The summed E-state index contributed by atoms with van der Waals surface area (Å²) in [5, 5.41) is 0. The Bertz CT molecular complexity index is 721. The van der Waals surface area contributed by atoms with Crippen molar-refractivity contribution in [2.24, 2.45) is 4.40 Å². The number of ether oxygens (including phenoxy) is 1. The van der Waals surface area contributed by atoms with E-state index in [9.17, 15) is 13.9 Å². The van der Waals surface area contributed by atoms with Crippen molar-refractivity contribution in [1.29, 1.82) is 0 Å². The van der Waals surface area contributed by atoms with Gasteiger partial charge in [-0.3, -0.25) is 9.11 Å². The molecule has 144 valence electrons. The van der Waals surface area contributed by atoms with Crippen LogP contribution in [0.2, 0.25) is 0 Å². The van der Waals surface area contributed by atoms with Crippen LogP contribution >= 0.6 is 10.8 Å². The maximum absolute atomic E-state index is 12.2. The van der Waals surface area contributed by atoms with Crippen LogP contribution in [0.1, 0.15) is 39.2 Å². The van der Waals surface area contributed by atoms with Crippen LogP contribution in [-0.2, 0) is 4.74 Å². The monoisotopic (exact) mass is 381 g/mol. The van der Waals surface area contributed by atoms with E-state index in [-0.39, 0.29) is 12.1 Å². The number of benzene rings is 1. The number of amides is 1. The quantitative estimate of drug-likeness (QED) is 0.773. The summed E-state index contributed by atoms with van der Waals surface area (Å²) in [7, 11) is -1.20. The van der Waals surface area contributed by atoms with Gasteiger partial charge in [0.2, 0.25) is 0 Å². The minimum Gasteiger partial charge on any atom is -0.444 e. The molecule has 2 aliphatic heterocycles. The molecule has 1 aromatic rings. The molecule has 0 unspecified atom stereocenters. The van der Waals surface area contributed by atoms with Crippen molar-refractivity contribution < 1.29 is 18.6 Å². The third-order valence-electron chi connectivity index (χ3n) is 4.63. The Morgan fingerprint density at radius 3 is 2.50 bits per heavy atom. The van der Waals surface area contributed by atoms with Gasteiger partial charge in [0.05, 0.1) is 4.90 Å². The topological polar surface area (TPSA) is 85.6 Å². The molecule has 3 rings (SSSR count). The van der Waals surface area contributed by atoms with Gasteiger partial charge in [-0.05, 0) is 45.7 Å². The first-order chi connectivity index (χ1) is 12.1. The van der Waals surface area contributed by atoms with Crippen LogP contribution in [0.5, 0.6) is 0 Å². The molecule has 2 aliphatic rings. The standard InChI is InChI=1S/C18H27N3O4S/c1-18(2,3)25-17(22)21-11-9-13(10-12-21)20(4)16-14-7-5-6-8-15(14)26(23,24)19-16/h5-8,13,23-24H,9-12H2,1-4H3. The first kappa shape index (κ1) is 19.0. The lowest BCUT2D eigenvalue weighted by atomic mass is 10.0. The summed E-state index contributed by atoms with van der Waals surface area (Å²) in [5.74, 6) is 0.608. The Morgan fingerprint density at radius 2 is 1.88 bits per heavy atom. The number of piperidine rings is 1. The zero-order valence-electron chi connectivity index (χ0n) is 15.7. The zero-order chi connectivity index (χ0) is 19.1. The molecule has 2 heterocycles. The fourth-order valence-electron chi connectivity index (χ4n) is 3.30. The largest absolute Gasteiger partial charge is 0.444 e. The van der Waals surface area contributed by atoms with Crippen molar-refractivity contribution in [2.45, 2.75) is 50.2 Å². The number of nitrogens with zero attached hydrogens (tertiary/aromatic N) is 3. The van der Waals surface area contributed by atoms with Crippen LogP contribution in [0.3, 0.4) is 0 Å². The Kier molecular flexibility index (Phi) is 4.94. The van der Waals surface area contributed by atoms with Crippen molar-refractivity contribution in [3.63, 3.8) is 0 Å². The van der Waals surface area contributed by atoms with E-state index in [1.165, 1.54) is 0 Å². The minimum absolute atomic E-state index is 0.175. The number of carbonyl (C=O) groups is 1. The van der Waals surface area contributed by atoms with Gasteiger partial charge in [-0.2, -0.15) is 0 Å². The lowest BCUT2D eigenvalue weighted by molar-refractivity contribution is 0.0179. The third-order valence-corrected chi connectivity index (χ3v) is 6.01. The first-order valence-electron chi connectivity index (χ1n) is 8.77. The normalized spacial score (nSPS) is 21.0. The van der Waals surface area contributed by atoms with Crippen LogP contribution < -0.4 is 0 Å². The molecule has 0 aromatic heterocycles. The van der Waals surface area contributed by atoms with E-state index >= 15 is 0 Å². The number of fused-ring (bicyclic) bond motifs is 1. The Balaban J connectivity index is 1.67. The highest BCUT2D eigenvalue weighted by Crippen LogP contribution is 2.56. The molecular formula is C18H27N3O4S. The maximum Gasteiger partial charge on any atom is 0.410 e. The average molecular weight is 381 g/mol. The van der Waals surface area contributed by atoms with E-state index in [0.29, 0.717) is 23.8 Å². The fourth-order valence-corrected chi connectivity index (χ4v) is 4.58. The molecule has 0 radical (unpaired) electrons. The highest BCUT2D eigenvalue weighted by Gasteiger charge is 2.35. The van der Waals surface area contributed by atoms with Crippen LogP contribution in [0.25, 0.3) is 0 Å². The number of carbonyl (C=O) groups excluding carboxylic acids is 1. The van der Waals surface area contributed by atoms with Gasteiger partial charge in [-0.1, -0.05) is 22.9 Å². The Morgan fingerprint density at radius 1 is 1.27 bits per heavy atom. The molecule has 26 heavy (non-hydrogen) atoms. The molecule has 0 atom stereocenters. The molecule has 0 bridgehead atoms. The second kappa shape index (κ2) is 6.75. The van der Waals surface area contributed by atoms with E-state index in [0.717, 1.165) is 18.4 Å². The number of hydrogen-bond acceptors (Lipinski definition) is 6. The summed E-state index contributed by atoms with van der Waals surface area (Å²) in [6, 6.07) is 7.40. The van der Waals surface area contributed by atoms with Crippen LogP contribution in [0, 0.1) is 0 Å². The Labute approximate surface area is 156 Å². The van der Waals surface area contributed by atoms with E-state index in [1.54, 1.807) is 17.0 Å². The molecule has 0 aliphatic carbocycles. The highest BCUT2D eigenvalue weighted by atomic mass is 32.3. The molecule has 2 N–H and O–H groups in total. The van der Waals surface area contributed by atoms with Crippen molar-refractivity contribution in [2.75, 3.05) is 20.1 Å². The van der Waals surface area contributed by atoms with Gasteiger partial charge in [0.25, 0.3) is 0 Å². The SMILES string of the molecule is CN(C1=NS(O)(O)c2ccccc21)C1CCN(C(=O)OC(C)(C)C)CC1. The van der Waals surface area contributed by atoms with Crippen LogP contribution in [0.15, 0.2) is 33.6 Å². The van der Waals surface area contributed by atoms with Crippen molar-refractivity contribution in [3.05, 3.63) is 29.8 Å². The van der Waals surface area contributed by atoms with Gasteiger partial charge in [-0.25, -0.2) is 4.79 Å². The molecule has 1 aromatic carbocycles. The van der Waals surface area contributed by atoms with Gasteiger partial charge in [0.15, 0.2) is 5.84 Å². The van der Waals surface area contributed by atoms with Crippen molar-refractivity contribution >= 4 is 22.7 Å². The predicted molar refractivity (Wildman–Crippen MR) is 103 cm³/mol. The van der Waals surface area contributed by atoms with Crippen molar-refractivity contribution in [1.82, 2.24) is 9.80 Å². The van der Waals surface area contributed by atoms with Crippen molar-refractivity contribution in [3.8, 4) is 0 Å². The lowest BCUT2D eigenvalue weighted by Gasteiger charge is -2.38. The molecule has 1 saturated heterocycles. The van der Waals surface area contributed by atoms with E-state index < -0.39 is 16.4 Å². The van der Waals surface area contributed by atoms with Gasteiger partial charge >= 0.3 is 6.09 Å². The molecule has 0 saturated carbocycles. The molecule has 1 amide bonds. The molecule has 0 spiro atoms. The first-order valence-corrected chi connectivity index (χ1v) is 10.3. The zero-order valence-corrected chi connectivity index (χ0v) is 16.5. The van der Waals surface area contributed by atoms with Gasteiger partial charge in [-0.15, -0.1) is 4.40 Å². The van der Waals surface area contributed by atoms with E-state index in [2.05, 4.69) is 4.40 Å². The van der Waals surface area contributed by atoms with E-state index in [1.807, 2.05) is 44.9 Å². The third kappa shape index (κ3) is 3.82. The number of rotatable bonds is 1. The molecule has 7 nitrogen and oxygen atoms in total. The minimum atomic E-state index is -3.12. The summed E-state index contributed by atoms with van der Waals surface area (Å²) in [4.78, 5) is 16.4. The summed E-state index contributed by atoms with van der Waals surface area (Å²) >= 11 is 0. The summed E-state index contributed by atoms with van der Waals surface area (Å²) < 4.78 is 30.1. The summed E-state index contributed by atoms with van der Waals surface area (Å²) in [6.45, 7) is 6.79. The molecule has 8 heteroatoms. The second-order valence-corrected chi connectivity index (χ2v) is 9.40. The average Bonchev–Trinajstić information content (AvgIpc) is 2.85. The van der Waals surface area contributed by atoms with Gasteiger partial charge in [0.1, 0.15) is 5.60 Å². The second-order valence-electron chi connectivity index (χ2n) is 7.74. The fraction of sp³-hybridized carbons (Fsp3) is 0.556. The van der Waals surface area contributed by atoms with E-state index in [4.69, 9.17) is 4.74 Å². The Hall–Kier alpha value is -1.77. The lowest BCUT2D eigenvalue weighted by Crippen LogP contribution is -2.48. The summed E-state index contributed by atoms with van der Waals surface area (Å²) in [6.07, 6.45) is 1.27. The molecular weight excluding hydrogens is 354 g/mol. The highest BCUT2D eigenvalue weighted by molar-refractivity contribution is 8.23. The van der Waals surface area contributed by atoms with Crippen LogP contribution in [0.4, 0.5) is 4.79 Å².